The molecule has 0 aliphatic heterocycles. The maximum Gasteiger partial charge on any atom is 0.401 e. The topological polar surface area (TPSA) is 28.4 Å². The van der Waals surface area contributed by atoms with Gasteiger partial charge in [0.15, 0.2) is 0 Å². The third-order valence-corrected chi connectivity index (χ3v) is 2.40. The van der Waals surface area contributed by atoms with E-state index in [4.69, 9.17) is 4.42 Å². The normalized spacial score (nSPS) is 12.4. The number of halogens is 3. The second-order valence-electron chi connectivity index (χ2n) is 4.03. The summed E-state index contributed by atoms with van der Waals surface area (Å²) in [6, 6.07) is 1.87. The molecule has 6 heteroatoms. The minimum Gasteiger partial charge on any atom is -0.469 e. The van der Waals surface area contributed by atoms with Crippen molar-refractivity contribution in [2.45, 2.75) is 19.6 Å². The Bertz CT molecular complexity index is 336. The largest absolute Gasteiger partial charge is 0.469 e. The van der Waals surface area contributed by atoms with E-state index < -0.39 is 12.7 Å². The molecule has 0 saturated carbocycles. The van der Waals surface area contributed by atoms with Gasteiger partial charge in [-0.1, -0.05) is 0 Å². The number of hydrogen-bond acceptors (Lipinski definition) is 3. The van der Waals surface area contributed by atoms with Gasteiger partial charge in [-0.2, -0.15) is 13.2 Å². The predicted molar refractivity (Wildman–Crippen MR) is 58.7 cm³/mol. The number of rotatable bonds is 6. The smallest absolute Gasteiger partial charge is 0.401 e. The SMILES string of the molecule is Cc1occc1CN(C)CCNCC(F)(F)F. The maximum atomic E-state index is 11.8. The summed E-state index contributed by atoms with van der Waals surface area (Å²) >= 11 is 0. The molecule has 0 aliphatic rings. The molecule has 0 aromatic carbocycles. The van der Waals surface area contributed by atoms with Crippen LogP contribution in [0.4, 0.5) is 13.2 Å². The third kappa shape index (κ3) is 5.74. The third-order valence-electron chi connectivity index (χ3n) is 2.40. The van der Waals surface area contributed by atoms with Crippen molar-refractivity contribution >= 4 is 0 Å². The van der Waals surface area contributed by atoms with Gasteiger partial charge in [0, 0.05) is 25.2 Å². The Morgan fingerprint density at radius 2 is 2.12 bits per heavy atom. The molecule has 1 aromatic rings. The molecule has 1 heterocycles. The zero-order valence-electron chi connectivity index (χ0n) is 9.97. The Hall–Kier alpha value is -1.01. The second-order valence-corrected chi connectivity index (χ2v) is 4.03. The van der Waals surface area contributed by atoms with Crippen molar-refractivity contribution in [2.75, 3.05) is 26.7 Å². The molecule has 0 spiro atoms. The van der Waals surface area contributed by atoms with Crippen molar-refractivity contribution < 1.29 is 17.6 Å². The van der Waals surface area contributed by atoms with Crippen molar-refractivity contribution in [3.8, 4) is 0 Å². The van der Waals surface area contributed by atoms with Crippen LogP contribution in [0.25, 0.3) is 0 Å². The van der Waals surface area contributed by atoms with Crippen molar-refractivity contribution in [2.24, 2.45) is 0 Å². The summed E-state index contributed by atoms with van der Waals surface area (Å²) in [5.74, 6) is 0.847. The fourth-order valence-electron chi connectivity index (χ4n) is 1.45. The molecular weight excluding hydrogens is 233 g/mol. The van der Waals surface area contributed by atoms with Gasteiger partial charge in [0.25, 0.3) is 0 Å². The van der Waals surface area contributed by atoms with E-state index in [1.165, 1.54) is 0 Å². The van der Waals surface area contributed by atoms with E-state index in [2.05, 4.69) is 5.32 Å². The van der Waals surface area contributed by atoms with Crippen LogP contribution in [0.2, 0.25) is 0 Å². The lowest BCUT2D eigenvalue weighted by Gasteiger charge is -2.16. The molecular formula is C11H17F3N2O. The molecule has 0 aliphatic carbocycles. The van der Waals surface area contributed by atoms with Gasteiger partial charge in [0.1, 0.15) is 5.76 Å². The molecule has 0 bridgehead atoms. The lowest BCUT2D eigenvalue weighted by atomic mass is 10.2. The molecule has 0 atom stereocenters. The van der Waals surface area contributed by atoms with Crippen LogP contribution in [0.5, 0.6) is 0 Å². The molecule has 1 N–H and O–H groups in total. The van der Waals surface area contributed by atoms with Gasteiger partial charge in [0.2, 0.25) is 0 Å². The van der Waals surface area contributed by atoms with Crippen LogP contribution in [0.15, 0.2) is 16.7 Å². The molecule has 0 radical (unpaired) electrons. The number of nitrogens with one attached hydrogen (secondary N) is 1. The highest BCUT2D eigenvalue weighted by atomic mass is 19.4. The minimum atomic E-state index is -4.14. The van der Waals surface area contributed by atoms with Crippen LogP contribution in [-0.2, 0) is 6.54 Å². The van der Waals surface area contributed by atoms with E-state index in [1.54, 1.807) is 6.26 Å². The highest BCUT2D eigenvalue weighted by Gasteiger charge is 2.25. The Morgan fingerprint density at radius 1 is 1.41 bits per heavy atom. The first-order chi connectivity index (χ1) is 7.88. The zero-order chi connectivity index (χ0) is 12.9. The second kappa shape index (κ2) is 6.07. The van der Waals surface area contributed by atoms with Gasteiger partial charge in [0.05, 0.1) is 12.8 Å². The summed E-state index contributed by atoms with van der Waals surface area (Å²) in [5.41, 5.74) is 1.06. The van der Waals surface area contributed by atoms with Crippen LogP contribution in [0.1, 0.15) is 11.3 Å². The number of aryl methyl sites for hydroxylation is 1. The van der Waals surface area contributed by atoms with Crippen molar-refractivity contribution in [1.82, 2.24) is 10.2 Å². The molecule has 0 unspecified atom stereocenters. The van der Waals surface area contributed by atoms with Gasteiger partial charge < -0.3 is 14.6 Å². The molecule has 0 fully saturated rings. The summed E-state index contributed by atoms with van der Waals surface area (Å²) in [6.07, 6.45) is -2.53. The molecule has 1 rings (SSSR count). The van der Waals surface area contributed by atoms with E-state index in [0.717, 1.165) is 11.3 Å². The quantitative estimate of drug-likeness (QED) is 0.784. The van der Waals surface area contributed by atoms with E-state index in [0.29, 0.717) is 19.6 Å². The Balaban J connectivity index is 2.18. The number of hydrogen-bond donors (Lipinski definition) is 1. The highest BCUT2D eigenvalue weighted by Crippen LogP contribution is 2.12. The fourth-order valence-corrected chi connectivity index (χ4v) is 1.45. The van der Waals surface area contributed by atoms with Crippen LogP contribution in [0, 0.1) is 6.92 Å². The molecule has 1 aromatic heterocycles. The van der Waals surface area contributed by atoms with Gasteiger partial charge in [-0.05, 0) is 20.0 Å². The Kier molecular flexibility index (Phi) is 5.02. The van der Waals surface area contributed by atoms with E-state index in [1.807, 2.05) is 24.9 Å². The molecule has 0 amide bonds. The molecule has 98 valence electrons. The van der Waals surface area contributed by atoms with Crippen LogP contribution in [0.3, 0.4) is 0 Å². The van der Waals surface area contributed by atoms with E-state index >= 15 is 0 Å². The van der Waals surface area contributed by atoms with Gasteiger partial charge in [-0.15, -0.1) is 0 Å². The fraction of sp³-hybridized carbons (Fsp3) is 0.636. The first-order valence-electron chi connectivity index (χ1n) is 5.37. The number of furan rings is 1. The molecule has 0 saturated heterocycles. The van der Waals surface area contributed by atoms with E-state index in [-0.39, 0.29) is 0 Å². The minimum absolute atomic E-state index is 0.312. The van der Waals surface area contributed by atoms with Crippen LogP contribution < -0.4 is 5.32 Å². The number of nitrogens with zero attached hydrogens (tertiary/aromatic N) is 1. The molecule has 3 nitrogen and oxygen atoms in total. The van der Waals surface area contributed by atoms with Crippen molar-refractivity contribution in [3.05, 3.63) is 23.7 Å². The van der Waals surface area contributed by atoms with Gasteiger partial charge in [-0.25, -0.2) is 0 Å². The van der Waals surface area contributed by atoms with Crippen LogP contribution in [-0.4, -0.2) is 37.8 Å². The average Bonchev–Trinajstić information content (AvgIpc) is 2.58. The summed E-state index contributed by atoms with van der Waals surface area (Å²) < 4.78 is 40.7. The van der Waals surface area contributed by atoms with Crippen LogP contribution >= 0.6 is 0 Å². The van der Waals surface area contributed by atoms with Gasteiger partial charge >= 0.3 is 6.18 Å². The lowest BCUT2D eigenvalue weighted by Crippen LogP contribution is -2.34. The highest BCUT2D eigenvalue weighted by molar-refractivity contribution is 5.14. The maximum absolute atomic E-state index is 11.8. The first kappa shape index (κ1) is 14.1. The predicted octanol–water partition coefficient (Wildman–Crippen LogP) is 2.17. The van der Waals surface area contributed by atoms with Gasteiger partial charge in [-0.3, -0.25) is 0 Å². The van der Waals surface area contributed by atoms with Crippen molar-refractivity contribution in [3.63, 3.8) is 0 Å². The Labute approximate surface area is 98.6 Å². The Morgan fingerprint density at radius 3 is 2.65 bits per heavy atom. The summed E-state index contributed by atoms with van der Waals surface area (Å²) in [4.78, 5) is 1.95. The summed E-state index contributed by atoms with van der Waals surface area (Å²) in [6.45, 7) is 2.47. The number of alkyl halides is 3. The van der Waals surface area contributed by atoms with E-state index in [9.17, 15) is 13.2 Å². The lowest BCUT2D eigenvalue weighted by molar-refractivity contribution is -0.124. The average molecular weight is 250 g/mol. The summed E-state index contributed by atoms with van der Waals surface area (Å²) in [5, 5.41) is 2.36. The summed E-state index contributed by atoms with van der Waals surface area (Å²) in [7, 11) is 1.86. The standard InChI is InChI=1S/C11H17F3N2O/c1-9-10(3-6-17-9)7-16(2)5-4-15-8-11(12,13)14/h3,6,15H,4-5,7-8H2,1-2H3. The van der Waals surface area contributed by atoms with Crippen molar-refractivity contribution in [1.29, 1.82) is 0 Å². The number of likely N-dealkylation sites (N-methyl/N-ethyl adjacent to an activating group) is 1. The monoisotopic (exact) mass is 250 g/mol. The molecule has 17 heavy (non-hydrogen) atoms. The zero-order valence-corrected chi connectivity index (χ0v) is 9.97. The first-order valence-corrected chi connectivity index (χ1v) is 5.37.